The molecule has 112 valence electrons. The molecule has 0 amide bonds. The predicted octanol–water partition coefficient (Wildman–Crippen LogP) is 4.59. The fraction of sp³-hybridized carbons (Fsp3) is 0.333. The molecule has 0 aliphatic rings. The SMILES string of the molecule is CNC(c1ccc(Cl)c(OC)c1)C(C)(C)c1ccccc1. The summed E-state index contributed by atoms with van der Waals surface area (Å²) in [6.07, 6.45) is 0. The van der Waals surface area contributed by atoms with Crippen LogP contribution in [0.25, 0.3) is 0 Å². The zero-order valence-electron chi connectivity index (χ0n) is 13.0. The molecule has 2 aromatic rings. The van der Waals surface area contributed by atoms with E-state index in [4.69, 9.17) is 16.3 Å². The Morgan fingerprint density at radius 3 is 2.33 bits per heavy atom. The van der Waals surface area contributed by atoms with Crippen LogP contribution in [-0.4, -0.2) is 14.2 Å². The van der Waals surface area contributed by atoms with Gasteiger partial charge in [0.2, 0.25) is 0 Å². The molecule has 1 unspecified atom stereocenters. The van der Waals surface area contributed by atoms with Crippen molar-refractivity contribution in [1.29, 1.82) is 0 Å². The van der Waals surface area contributed by atoms with Crippen LogP contribution in [0.2, 0.25) is 5.02 Å². The molecule has 0 aromatic heterocycles. The summed E-state index contributed by atoms with van der Waals surface area (Å²) >= 11 is 6.13. The first-order valence-electron chi connectivity index (χ1n) is 7.07. The molecule has 0 saturated heterocycles. The summed E-state index contributed by atoms with van der Waals surface area (Å²) in [5.41, 5.74) is 2.39. The zero-order valence-corrected chi connectivity index (χ0v) is 13.7. The average molecular weight is 304 g/mol. The molecule has 3 heteroatoms. The highest BCUT2D eigenvalue weighted by Gasteiger charge is 2.31. The molecule has 1 N–H and O–H groups in total. The van der Waals surface area contributed by atoms with Gasteiger partial charge in [-0.2, -0.15) is 0 Å². The lowest BCUT2D eigenvalue weighted by molar-refractivity contribution is 0.365. The van der Waals surface area contributed by atoms with Crippen molar-refractivity contribution in [1.82, 2.24) is 5.32 Å². The maximum absolute atomic E-state index is 6.13. The first-order valence-corrected chi connectivity index (χ1v) is 7.44. The molecule has 0 fully saturated rings. The average Bonchev–Trinajstić information content (AvgIpc) is 2.50. The smallest absolute Gasteiger partial charge is 0.137 e. The highest BCUT2D eigenvalue weighted by atomic mass is 35.5. The Morgan fingerprint density at radius 2 is 1.76 bits per heavy atom. The Labute approximate surface area is 132 Å². The van der Waals surface area contributed by atoms with Crippen LogP contribution in [-0.2, 0) is 5.41 Å². The molecule has 0 heterocycles. The Bertz CT molecular complexity index is 595. The highest BCUT2D eigenvalue weighted by molar-refractivity contribution is 6.32. The fourth-order valence-electron chi connectivity index (χ4n) is 2.83. The van der Waals surface area contributed by atoms with E-state index in [0.717, 1.165) is 5.56 Å². The van der Waals surface area contributed by atoms with Gasteiger partial charge in [-0.1, -0.05) is 61.8 Å². The van der Waals surface area contributed by atoms with Crippen LogP contribution < -0.4 is 10.1 Å². The van der Waals surface area contributed by atoms with Gasteiger partial charge in [0.25, 0.3) is 0 Å². The quantitative estimate of drug-likeness (QED) is 0.872. The Hall–Kier alpha value is -1.51. The summed E-state index contributed by atoms with van der Waals surface area (Å²) in [5.74, 6) is 0.707. The number of halogens is 1. The van der Waals surface area contributed by atoms with Gasteiger partial charge in [0.05, 0.1) is 12.1 Å². The maximum atomic E-state index is 6.13. The number of methoxy groups -OCH3 is 1. The maximum Gasteiger partial charge on any atom is 0.137 e. The van der Waals surface area contributed by atoms with Gasteiger partial charge in [0.1, 0.15) is 5.75 Å². The molecule has 0 saturated carbocycles. The van der Waals surface area contributed by atoms with Crippen molar-refractivity contribution < 1.29 is 4.74 Å². The van der Waals surface area contributed by atoms with Gasteiger partial charge in [-0.05, 0) is 30.3 Å². The van der Waals surface area contributed by atoms with Crippen molar-refractivity contribution in [3.05, 3.63) is 64.7 Å². The van der Waals surface area contributed by atoms with Gasteiger partial charge in [-0.3, -0.25) is 0 Å². The number of likely N-dealkylation sites (N-methyl/N-ethyl adjacent to an activating group) is 1. The minimum Gasteiger partial charge on any atom is -0.495 e. The normalized spacial score (nSPS) is 13.0. The molecular formula is C18H22ClNO. The largest absolute Gasteiger partial charge is 0.495 e. The van der Waals surface area contributed by atoms with Gasteiger partial charge in [-0.25, -0.2) is 0 Å². The third-order valence-corrected chi connectivity index (χ3v) is 4.35. The van der Waals surface area contributed by atoms with E-state index in [1.807, 2.05) is 25.2 Å². The molecular weight excluding hydrogens is 282 g/mol. The zero-order chi connectivity index (χ0) is 15.5. The molecule has 0 aliphatic heterocycles. The lowest BCUT2D eigenvalue weighted by Crippen LogP contribution is -2.35. The van der Waals surface area contributed by atoms with Crippen LogP contribution in [0.5, 0.6) is 5.75 Å². The van der Waals surface area contributed by atoms with Crippen LogP contribution in [0.15, 0.2) is 48.5 Å². The van der Waals surface area contributed by atoms with E-state index in [1.54, 1.807) is 7.11 Å². The third kappa shape index (κ3) is 3.22. The van der Waals surface area contributed by atoms with E-state index in [9.17, 15) is 0 Å². The van der Waals surface area contributed by atoms with Gasteiger partial charge >= 0.3 is 0 Å². The molecule has 21 heavy (non-hydrogen) atoms. The number of hydrogen-bond donors (Lipinski definition) is 1. The number of ether oxygens (including phenoxy) is 1. The van der Waals surface area contributed by atoms with E-state index in [2.05, 4.69) is 49.5 Å². The van der Waals surface area contributed by atoms with E-state index >= 15 is 0 Å². The lowest BCUT2D eigenvalue weighted by atomic mass is 9.75. The second-order valence-corrected chi connectivity index (χ2v) is 6.11. The molecule has 0 radical (unpaired) electrons. The van der Waals surface area contributed by atoms with Gasteiger partial charge in [0.15, 0.2) is 0 Å². The first-order chi connectivity index (χ1) is 10.0. The first kappa shape index (κ1) is 15.9. The van der Waals surface area contributed by atoms with Crippen LogP contribution in [0.3, 0.4) is 0 Å². The molecule has 0 bridgehead atoms. The standard InChI is InChI=1S/C18H22ClNO/c1-18(2,14-8-6-5-7-9-14)17(20-3)13-10-11-15(19)16(12-13)21-4/h5-12,17,20H,1-4H3. The van der Waals surface area contributed by atoms with Crippen molar-refractivity contribution in [3.8, 4) is 5.75 Å². The predicted molar refractivity (Wildman–Crippen MR) is 89.3 cm³/mol. The molecule has 0 aliphatic carbocycles. The number of nitrogens with one attached hydrogen (secondary N) is 1. The van der Waals surface area contributed by atoms with Crippen LogP contribution in [0.4, 0.5) is 0 Å². The van der Waals surface area contributed by atoms with Crippen molar-refractivity contribution in [2.45, 2.75) is 25.3 Å². The minimum atomic E-state index is -0.0607. The Balaban J connectivity index is 2.44. The summed E-state index contributed by atoms with van der Waals surface area (Å²) in [7, 11) is 3.62. The molecule has 2 nitrogen and oxygen atoms in total. The summed E-state index contributed by atoms with van der Waals surface area (Å²) in [4.78, 5) is 0. The summed E-state index contributed by atoms with van der Waals surface area (Å²) in [6.45, 7) is 4.48. The van der Waals surface area contributed by atoms with Gasteiger partial charge in [0, 0.05) is 11.5 Å². The minimum absolute atomic E-state index is 0.0607. The highest BCUT2D eigenvalue weighted by Crippen LogP contribution is 2.38. The monoisotopic (exact) mass is 303 g/mol. The molecule has 2 rings (SSSR count). The molecule has 2 aromatic carbocycles. The van der Waals surface area contributed by atoms with E-state index < -0.39 is 0 Å². The number of benzene rings is 2. The summed E-state index contributed by atoms with van der Waals surface area (Å²) < 4.78 is 5.34. The van der Waals surface area contributed by atoms with Crippen LogP contribution in [0.1, 0.15) is 31.0 Å². The van der Waals surface area contributed by atoms with Crippen molar-refractivity contribution >= 4 is 11.6 Å². The summed E-state index contributed by atoms with van der Waals surface area (Å²) in [5, 5.41) is 4.06. The second-order valence-electron chi connectivity index (χ2n) is 5.70. The summed E-state index contributed by atoms with van der Waals surface area (Å²) in [6, 6.07) is 16.6. The Kier molecular flexibility index (Phi) is 4.92. The van der Waals surface area contributed by atoms with Gasteiger partial charge < -0.3 is 10.1 Å². The van der Waals surface area contributed by atoms with Crippen LogP contribution >= 0.6 is 11.6 Å². The lowest BCUT2D eigenvalue weighted by Gasteiger charge is -2.35. The van der Waals surface area contributed by atoms with Gasteiger partial charge in [-0.15, -0.1) is 0 Å². The van der Waals surface area contributed by atoms with Crippen molar-refractivity contribution in [3.63, 3.8) is 0 Å². The van der Waals surface area contributed by atoms with E-state index in [0.29, 0.717) is 10.8 Å². The third-order valence-electron chi connectivity index (χ3n) is 4.04. The molecule has 1 atom stereocenters. The fourth-order valence-corrected chi connectivity index (χ4v) is 3.03. The van der Waals surface area contributed by atoms with Crippen LogP contribution in [0, 0.1) is 0 Å². The molecule has 0 spiro atoms. The Morgan fingerprint density at radius 1 is 1.10 bits per heavy atom. The van der Waals surface area contributed by atoms with E-state index in [1.165, 1.54) is 5.56 Å². The number of hydrogen-bond acceptors (Lipinski definition) is 2. The second kappa shape index (κ2) is 6.50. The number of rotatable bonds is 5. The van der Waals surface area contributed by atoms with E-state index in [-0.39, 0.29) is 11.5 Å². The van der Waals surface area contributed by atoms with Crippen molar-refractivity contribution in [2.24, 2.45) is 0 Å². The van der Waals surface area contributed by atoms with Crippen molar-refractivity contribution in [2.75, 3.05) is 14.2 Å². The topological polar surface area (TPSA) is 21.3 Å².